The van der Waals surface area contributed by atoms with Crippen LogP contribution in [0.2, 0.25) is 0 Å². The topological polar surface area (TPSA) is 67.2 Å². The van der Waals surface area contributed by atoms with Gasteiger partial charge in [-0.3, -0.25) is 9.59 Å². The van der Waals surface area contributed by atoms with Gasteiger partial charge in [-0.25, -0.2) is 4.98 Å². The minimum atomic E-state index is -0.169. The Labute approximate surface area is 160 Å². The summed E-state index contributed by atoms with van der Waals surface area (Å²) in [6.07, 6.45) is 4.89. The van der Waals surface area contributed by atoms with Gasteiger partial charge < -0.3 is 14.8 Å². The SMILES string of the molecule is C=CC(=O)NCCCc1nc2ccccc2n1CC(=O)N1CCC(C)CC1. The van der Waals surface area contributed by atoms with Gasteiger partial charge in [-0.15, -0.1) is 0 Å². The number of carbonyl (C=O) groups excluding carboxylic acids is 2. The largest absolute Gasteiger partial charge is 0.353 e. The van der Waals surface area contributed by atoms with E-state index < -0.39 is 0 Å². The average molecular weight is 368 g/mol. The molecule has 1 fully saturated rings. The number of likely N-dealkylation sites (tertiary alicyclic amines) is 1. The molecule has 2 aromatic rings. The lowest BCUT2D eigenvalue weighted by atomic mass is 9.99. The fourth-order valence-electron chi connectivity index (χ4n) is 3.52. The van der Waals surface area contributed by atoms with E-state index in [0.717, 1.165) is 49.2 Å². The molecule has 1 saturated heterocycles. The highest BCUT2D eigenvalue weighted by molar-refractivity contribution is 5.86. The standard InChI is InChI=1S/C21H28N4O2/c1-3-20(26)22-12-6-9-19-23-17-7-4-5-8-18(17)25(19)15-21(27)24-13-10-16(2)11-14-24/h3-5,7-8,16H,1,6,9-15H2,2H3,(H,22,26). The van der Waals surface area contributed by atoms with E-state index in [4.69, 9.17) is 4.98 Å². The molecule has 1 aliphatic heterocycles. The van der Waals surface area contributed by atoms with E-state index in [1.54, 1.807) is 0 Å². The first kappa shape index (κ1) is 19.1. The highest BCUT2D eigenvalue weighted by Gasteiger charge is 2.22. The van der Waals surface area contributed by atoms with Crippen molar-refractivity contribution in [3.8, 4) is 0 Å². The molecule has 1 aliphatic rings. The highest BCUT2D eigenvalue weighted by atomic mass is 16.2. The number of rotatable bonds is 7. The Kier molecular flexibility index (Phi) is 6.27. The molecule has 1 aromatic heterocycles. The third-order valence-electron chi connectivity index (χ3n) is 5.23. The van der Waals surface area contributed by atoms with Gasteiger partial charge in [-0.2, -0.15) is 0 Å². The van der Waals surface area contributed by atoms with Crippen molar-refractivity contribution in [1.29, 1.82) is 0 Å². The van der Waals surface area contributed by atoms with Crippen LogP contribution in [0.5, 0.6) is 0 Å². The molecule has 2 heterocycles. The maximum atomic E-state index is 12.8. The second-order valence-electron chi connectivity index (χ2n) is 7.26. The summed E-state index contributed by atoms with van der Waals surface area (Å²) < 4.78 is 2.03. The van der Waals surface area contributed by atoms with Crippen molar-refractivity contribution in [3.63, 3.8) is 0 Å². The van der Waals surface area contributed by atoms with E-state index in [1.165, 1.54) is 6.08 Å². The molecule has 3 rings (SSSR count). The molecular formula is C21H28N4O2. The number of amides is 2. The lowest BCUT2D eigenvalue weighted by Gasteiger charge is -2.30. The fourth-order valence-corrected chi connectivity index (χ4v) is 3.52. The number of carbonyl (C=O) groups is 2. The molecule has 0 atom stereocenters. The average Bonchev–Trinajstić information content (AvgIpc) is 3.03. The Morgan fingerprint density at radius 2 is 2.04 bits per heavy atom. The maximum absolute atomic E-state index is 12.8. The number of aromatic nitrogens is 2. The van der Waals surface area contributed by atoms with Crippen LogP contribution in [0, 0.1) is 5.92 Å². The summed E-state index contributed by atoms with van der Waals surface area (Å²) in [7, 11) is 0. The normalized spacial score (nSPS) is 15.1. The molecule has 0 bridgehead atoms. The molecule has 0 radical (unpaired) electrons. The number of hydrogen-bond donors (Lipinski definition) is 1. The molecular weight excluding hydrogens is 340 g/mol. The van der Waals surface area contributed by atoms with Crippen molar-refractivity contribution in [1.82, 2.24) is 19.8 Å². The third-order valence-corrected chi connectivity index (χ3v) is 5.23. The predicted molar refractivity (Wildman–Crippen MR) is 106 cm³/mol. The molecule has 1 N–H and O–H groups in total. The van der Waals surface area contributed by atoms with Crippen LogP contribution in [0.4, 0.5) is 0 Å². The quantitative estimate of drug-likeness (QED) is 0.603. The Hall–Kier alpha value is -2.63. The van der Waals surface area contributed by atoms with Crippen molar-refractivity contribution in [2.24, 2.45) is 5.92 Å². The van der Waals surface area contributed by atoms with Gasteiger partial charge in [-0.05, 0) is 43.4 Å². The first-order chi connectivity index (χ1) is 13.1. The molecule has 0 aliphatic carbocycles. The van der Waals surface area contributed by atoms with Gasteiger partial charge in [0.15, 0.2) is 0 Å². The summed E-state index contributed by atoms with van der Waals surface area (Å²) in [4.78, 5) is 30.8. The van der Waals surface area contributed by atoms with Crippen LogP contribution in [-0.4, -0.2) is 45.9 Å². The smallest absolute Gasteiger partial charge is 0.243 e. The number of imidazole rings is 1. The minimum Gasteiger partial charge on any atom is -0.353 e. The van der Waals surface area contributed by atoms with E-state index in [9.17, 15) is 9.59 Å². The van der Waals surface area contributed by atoms with Crippen LogP contribution < -0.4 is 5.32 Å². The van der Waals surface area contributed by atoms with E-state index >= 15 is 0 Å². The maximum Gasteiger partial charge on any atom is 0.243 e. The zero-order valence-electron chi connectivity index (χ0n) is 16.0. The van der Waals surface area contributed by atoms with Crippen LogP contribution in [0.1, 0.15) is 32.0 Å². The molecule has 144 valence electrons. The van der Waals surface area contributed by atoms with E-state index in [1.807, 2.05) is 33.7 Å². The number of nitrogens with zero attached hydrogens (tertiary/aromatic N) is 3. The summed E-state index contributed by atoms with van der Waals surface area (Å²) in [6.45, 7) is 8.27. The van der Waals surface area contributed by atoms with Crippen molar-refractivity contribution in [2.75, 3.05) is 19.6 Å². The number of piperidine rings is 1. The van der Waals surface area contributed by atoms with Gasteiger partial charge in [0.05, 0.1) is 11.0 Å². The zero-order valence-corrected chi connectivity index (χ0v) is 16.0. The Bertz CT molecular complexity index is 819. The van der Waals surface area contributed by atoms with E-state index in [2.05, 4.69) is 18.8 Å². The number of nitrogens with one attached hydrogen (secondary N) is 1. The van der Waals surface area contributed by atoms with Gasteiger partial charge in [0.2, 0.25) is 11.8 Å². The minimum absolute atomic E-state index is 0.159. The fraction of sp³-hybridized carbons (Fsp3) is 0.476. The molecule has 1 aromatic carbocycles. The molecule has 6 nitrogen and oxygen atoms in total. The van der Waals surface area contributed by atoms with Gasteiger partial charge >= 0.3 is 0 Å². The molecule has 0 saturated carbocycles. The van der Waals surface area contributed by atoms with Gasteiger partial charge in [0.1, 0.15) is 12.4 Å². The lowest BCUT2D eigenvalue weighted by molar-refractivity contribution is -0.133. The summed E-state index contributed by atoms with van der Waals surface area (Å²) in [5, 5.41) is 2.78. The van der Waals surface area contributed by atoms with Crippen LogP contribution >= 0.6 is 0 Å². The summed E-state index contributed by atoms with van der Waals surface area (Å²) in [6, 6.07) is 7.92. The molecule has 2 amide bonds. The summed E-state index contributed by atoms with van der Waals surface area (Å²) >= 11 is 0. The second-order valence-corrected chi connectivity index (χ2v) is 7.26. The van der Waals surface area contributed by atoms with E-state index in [0.29, 0.717) is 25.4 Å². The molecule has 6 heteroatoms. The van der Waals surface area contributed by atoms with Crippen LogP contribution in [0.15, 0.2) is 36.9 Å². The number of fused-ring (bicyclic) bond motifs is 1. The summed E-state index contributed by atoms with van der Waals surface area (Å²) in [5.74, 6) is 1.58. The van der Waals surface area contributed by atoms with Crippen molar-refractivity contribution < 1.29 is 9.59 Å². The van der Waals surface area contributed by atoms with Crippen molar-refractivity contribution >= 4 is 22.8 Å². The van der Waals surface area contributed by atoms with Gasteiger partial charge in [0, 0.05) is 26.1 Å². The Morgan fingerprint density at radius 1 is 1.30 bits per heavy atom. The first-order valence-corrected chi connectivity index (χ1v) is 9.70. The number of hydrogen-bond acceptors (Lipinski definition) is 3. The van der Waals surface area contributed by atoms with E-state index in [-0.39, 0.29) is 11.8 Å². The monoisotopic (exact) mass is 368 g/mol. The van der Waals surface area contributed by atoms with Gasteiger partial charge in [0.25, 0.3) is 0 Å². The zero-order chi connectivity index (χ0) is 19.2. The molecule has 27 heavy (non-hydrogen) atoms. The number of aryl methyl sites for hydroxylation is 1. The summed E-state index contributed by atoms with van der Waals surface area (Å²) in [5.41, 5.74) is 1.89. The predicted octanol–water partition coefficient (Wildman–Crippen LogP) is 2.53. The van der Waals surface area contributed by atoms with Crippen molar-refractivity contribution in [3.05, 3.63) is 42.7 Å². The van der Waals surface area contributed by atoms with Crippen LogP contribution in [0.3, 0.4) is 0 Å². The molecule has 0 spiro atoms. The third kappa shape index (κ3) is 4.76. The highest BCUT2D eigenvalue weighted by Crippen LogP contribution is 2.20. The Morgan fingerprint density at radius 3 is 2.78 bits per heavy atom. The first-order valence-electron chi connectivity index (χ1n) is 9.70. The Balaban J connectivity index is 1.71. The number of para-hydroxylation sites is 2. The lowest BCUT2D eigenvalue weighted by Crippen LogP contribution is -2.40. The van der Waals surface area contributed by atoms with Gasteiger partial charge in [-0.1, -0.05) is 25.6 Å². The van der Waals surface area contributed by atoms with Crippen LogP contribution in [0.25, 0.3) is 11.0 Å². The van der Waals surface area contributed by atoms with Crippen LogP contribution in [-0.2, 0) is 22.6 Å². The van der Waals surface area contributed by atoms with Crippen molar-refractivity contribution in [2.45, 2.75) is 39.2 Å². The molecule has 0 unspecified atom stereocenters. The second kappa shape index (κ2) is 8.84. The number of benzene rings is 1.